The van der Waals surface area contributed by atoms with Crippen LogP contribution in [-0.2, 0) is 10.0 Å². The predicted octanol–water partition coefficient (Wildman–Crippen LogP) is 2.96. The van der Waals surface area contributed by atoms with E-state index in [0.717, 1.165) is 25.7 Å². The Bertz CT molecular complexity index is 805. The van der Waals surface area contributed by atoms with Gasteiger partial charge in [0.1, 0.15) is 10.7 Å². The summed E-state index contributed by atoms with van der Waals surface area (Å²) in [6.45, 7) is 3.15. The second-order valence-corrected chi connectivity index (χ2v) is 7.98. The lowest BCUT2D eigenvalue weighted by molar-refractivity contribution is 0.0953. The summed E-state index contributed by atoms with van der Waals surface area (Å²) in [7, 11) is -3.81. The minimum absolute atomic E-state index is 0.0548. The number of halogens is 1. The van der Waals surface area contributed by atoms with Crippen molar-refractivity contribution in [2.75, 3.05) is 18.0 Å². The van der Waals surface area contributed by atoms with E-state index < -0.39 is 10.0 Å². The maximum absolute atomic E-state index is 12.6. The fraction of sp³-hybridized carbons (Fsp3) is 0.500. The number of sulfonamides is 1. The molecule has 1 amide bonds. The van der Waals surface area contributed by atoms with Crippen molar-refractivity contribution < 1.29 is 13.2 Å². The Morgan fingerprint density at radius 3 is 2.88 bits per heavy atom. The molecule has 0 unspecified atom stereocenters. The molecule has 1 aromatic carbocycles. The van der Waals surface area contributed by atoms with E-state index in [0.29, 0.717) is 31.0 Å². The predicted molar refractivity (Wildman–Crippen MR) is 94.5 cm³/mol. The van der Waals surface area contributed by atoms with Crippen molar-refractivity contribution in [3.8, 4) is 0 Å². The third-order valence-electron chi connectivity index (χ3n) is 4.22. The van der Waals surface area contributed by atoms with Crippen molar-refractivity contribution in [1.82, 2.24) is 5.32 Å². The van der Waals surface area contributed by atoms with Crippen LogP contribution in [0.2, 0.25) is 5.02 Å². The first-order valence-corrected chi connectivity index (χ1v) is 9.99. The zero-order chi connectivity index (χ0) is 17.3. The monoisotopic (exact) mass is 369 g/mol. The van der Waals surface area contributed by atoms with E-state index in [1.165, 1.54) is 6.07 Å². The third-order valence-corrected chi connectivity index (χ3v) is 5.86. The largest absolute Gasteiger partial charge is 0.352 e. The van der Waals surface area contributed by atoms with E-state index in [9.17, 15) is 13.2 Å². The summed E-state index contributed by atoms with van der Waals surface area (Å²) in [5.41, 5.74) is 0.694. The third kappa shape index (κ3) is 3.15. The average molecular weight is 370 g/mol. The van der Waals surface area contributed by atoms with Crippen LogP contribution >= 0.6 is 11.6 Å². The molecule has 0 bridgehead atoms. The van der Waals surface area contributed by atoms with Gasteiger partial charge in [-0.3, -0.25) is 4.79 Å². The topological polar surface area (TPSA) is 78.8 Å². The van der Waals surface area contributed by atoms with Crippen molar-refractivity contribution in [2.45, 2.75) is 43.9 Å². The Morgan fingerprint density at radius 2 is 2.12 bits per heavy atom. The van der Waals surface area contributed by atoms with Gasteiger partial charge in [0, 0.05) is 19.5 Å². The lowest BCUT2D eigenvalue weighted by Gasteiger charge is -2.30. The van der Waals surface area contributed by atoms with Gasteiger partial charge in [-0.05, 0) is 31.4 Å². The van der Waals surface area contributed by atoms with Gasteiger partial charge < -0.3 is 10.2 Å². The summed E-state index contributed by atoms with van der Waals surface area (Å²) in [5.74, 6) is 0.199. The molecule has 2 aliphatic rings. The van der Waals surface area contributed by atoms with Crippen molar-refractivity contribution in [3.05, 3.63) is 22.7 Å². The summed E-state index contributed by atoms with van der Waals surface area (Å²) >= 11 is 6.28. The van der Waals surface area contributed by atoms with Gasteiger partial charge in [0.15, 0.2) is 0 Å². The van der Waals surface area contributed by atoms with Crippen LogP contribution < -0.4 is 10.2 Å². The molecule has 2 aliphatic heterocycles. The highest BCUT2D eigenvalue weighted by atomic mass is 35.5. The van der Waals surface area contributed by atoms with Crippen LogP contribution in [0, 0.1) is 0 Å². The van der Waals surface area contributed by atoms with Gasteiger partial charge in [-0.1, -0.05) is 24.9 Å². The summed E-state index contributed by atoms with van der Waals surface area (Å²) < 4.78 is 29.1. The van der Waals surface area contributed by atoms with E-state index in [1.54, 1.807) is 6.07 Å². The fourth-order valence-electron chi connectivity index (χ4n) is 3.00. The number of nitrogens with one attached hydrogen (secondary N) is 1. The standard InChI is InChI=1S/C16H20ClN3O3S/c1-2-7-18-16(21)11-9-14-13(10-12(11)17)20-8-5-3-4-6-15(20)19-24(14,22)23/h9-10H,2-8H2,1H3,(H,18,21). The molecule has 1 fully saturated rings. The molecule has 2 heterocycles. The molecule has 24 heavy (non-hydrogen) atoms. The number of carbonyl (C=O) groups is 1. The number of rotatable bonds is 3. The highest BCUT2D eigenvalue weighted by Crippen LogP contribution is 2.37. The molecule has 8 heteroatoms. The van der Waals surface area contributed by atoms with Gasteiger partial charge in [-0.15, -0.1) is 4.40 Å². The number of hydrogen-bond acceptors (Lipinski definition) is 4. The minimum atomic E-state index is -3.81. The Kier molecular flexibility index (Phi) is 4.83. The van der Waals surface area contributed by atoms with Crippen LogP contribution in [-0.4, -0.2) is 33.3 Å². The minimum Gasteiger partial charge on any atom is -0.352 e. The van der Waals surface area contributed by atoms with E-state index in [4.69, 9.17) is 11.6 Å². The van der Waals surface area contributed by atoms with Crippen molar-refractivity contribution >= 4 is 39.1 Å². The summed E-state index contributed by atoms with van der Waals surface area (Å²) in [6, 6.07) is 2.93. The van der Waals surface area contributed by atoms with E-state index in [2.05, 4.69) is 9.71 Å². The maximum Gasteiger partial charge on any atom is 0.286 e. The van der Waals surface area contributed by atoms with Crippen molar-refractivity contribution in [2.24, 2.45) is 4.40 Å². The first-order valence-electron chi connectivity index (χ1n) is 8.17. The molecule has 0 aliphatic carbocycles. The van der Waals surface area contributed by atoms with Crippen LogP contribution in [0.5, 0.6) is 0 Å². The molecule has 0 atom stereocenters. The number of amides is 1. The van der Waals surface area contributed by atoms with Crippen LogP contribution in [0.4, 0.5) is 5.69 Å². The molecule has 1 N–H and O–H groups in total. The van der Waals surface area contributed by atoms with E-state index in [1.807, 2.05) is 11.8 Å². The van der Waals surface area contributed by atoms with Gasteiger partial charge in [0.05, 0.1) is 16.3 Å². The number of nitrogens with zero attached hydrogens (tertiary/aromatic N) is 2. The Morgan fingerprint density at radius 1 is 1.33 bits per heavy atom. The highest BCUT2D eigenvalue weighted by molar-refractivity contribution is 7.90. The molecule has 0 saturated carbocycles. The molecule has 1 aromatic rings. The number of hydrogen-bond donors (Lipinski definition) is 1. The SMILES string of the molecule is CCCNC(=O)c1cc2c(cc1Cl)N1CCCCCC1=NS2(=O)=O. The summed E-state index contributed by atoms with van der Waals surface area (Å²) in [6.07, 6.45) is 4.35. The second-order valence-electron chi connectivity index (χ2n) is 6.00. The molecule has 0 radical (unpaired) electrons. The van der Waals surface area contributed by atoms with Crippen molar-refractivity contribution in [3.63, 3.8) is 0 Å². The number of carbonyl (C=O) groups excluding carboxylic acids is 1. The van der Waals surface area contributed by atoms with Gasteiger partial charge in [-0.2, -0.15) is 8.42 Å². The zero-order valence-electron chi connectivity index (χ0n) is 13.5. The number of fused-ring (bicyclic) bond motifs is 3. The molecular formula is C16H20ClN3O3S. The lowest BCUT2D eigenvalue weighted by atomic mass is 10.1. The fourth-order valence-corrected chi connectivity index (χ4v) is 4.51. The number of benzene rings is 1. The van der Waals surface area contributed by atoms with Gasteiger partial charge in [-0.25, -0.2) is 0 Å². The van der Waals surface area contributed by atoms with E-state index >= 15 is 0 Å². The Hall–Kier alpha value is -1.60. The lowest BCUT2D eigenvalue weighted by Crippen LogP contribution is -2.35. The summed E-state index contributed by atoms with van der Waals surface area (Å²) in [5, 5.41) is 2.98. The molecule has 0 spiro atoms. The molecule has 130 valence electrons. The molecule has 1 saturated heterocycles. The molecule has 6 nitrogen and oxygen atoms in total. The number of anilines is 1. The van der Waals surface area contributed by atoms with Crippen LogP contribution in [0.3, 0.4) is 0 Å². The second kappa shape index (κ2) is 6.72. The van der Waals surface area contributed by atoms with Crippen LogP contribution in [0.25, 0.3) is 0 Å². The normalized spacial score (nSPS) is 18.9. The van der Waals surface area contributed by atoms with Crippen LogP contribution in [0.1, 0.15) is 49.4 Å². The maximum atomic E-state index is 12.6. The summed E-state index contributed by atoms with van der Waals surface area (Å²) in [4.78, 5) is 14.2. The Labute approximate surface area is 146 Å². The van der Waals surface area contributed by atoms with Crippen molar-refractivity contribution in [1.29, 1.82) is 0 Å². The molecular weight excluding hydrogens is 350 g/mol. The van der Waals surface area contributed by atoms with E-state index in [-0.39, 0.29) is 21.4 Å². The van der Waals surface area contributed by atoms with Crippen LogP contribution in [0.15, 0.2) is 21.4 Å². The van der Waals surface area contributed by atoms with Gasteiger partial charge >= 0.3 is 0 Å². The first-order chi connectivity index (χ1) is 11.4. The van der Waals surface area contributed by atoms with Gasteiger partial charge in [0.2, 0.25) is 0 Å². The molecule has 3 rings (SSSR count). The van der Waals surface area contributed by atoms with Gasteiger partial charge in [0.25, 0.3) is 15.9 Å². The quantitative estimate of drug-likeness (QED) is 0.888. The Balaban J connectivity index is 2.09. The highest BCUT2D eigenvalue weighted by Gasteiger charge is 2.33. The average Bonchev–Trinajstić information content (AvgIpc) is 2.76. The number of amidine groups is 1. The zero-order valence-corrected chi connectivity index (χ0v) is 15.1. The first kappa shape index (κ1) is 17.2. The smallest absolute Gasteiger partial charge is 0.286 e. The molecule has 0 aromatic heterocycles.